The van der Waals surface area contributed by atoms with Crippen LogP contribution in [-0.2, 0) is 17.4 Å². The van der Waals surface area contributed by atoms with Crippen molar-refractivity contribution >= 4 is 17.8 Å². The van der Waals surface area contributed by atoms with Crippen LogP contribution in [0.5, 0.6) is 0 Å². The molecule has 3 heterocycles. The Hall–Kier alpha value is -3.11. The van der Waals surface area contributed by atoms with Crippen LogP contribution in [-0.4, -0.2) is 50.8 Å². The van der Waals surface area contributed by atoms with Crippen molar-refractivity contribution < 1.29 is 27.2 Å². The normalized spacial score (nSPS) is 17.9. The number of carbonyl (C=O) groups excluding carboxylic acids is 2. The van der Waals surface area contributed by atoms with Gasteiger partial charge in [0.1, 0.15) is 0 Å². The highest BCUT2D eigenvalue weighted by molar-refractivity contribution is 5.96. The Kier molecular flexibility index (Phi) is 6.51. The van der Waals surface area contributed by atoms with Gasteiger partial charge in [0.15, 0.2) is 11.6 Å². The van der Waals surface area contributed by atoms with Crippen LogP contribution in [0.2, 0.25) is 0 Å². The van der Waals surface area contributed by atoms with E-state index in [0.29, 0.717) is 0 Å². The van der Waals surface area contributed by atoms with Crippen LogP contribution in [0.1, 0.15) is 31.5 Å². The zero-order valence-corrected chi connectivity index (χ0v) is 16.9. The number of anilines is 1. The predicted molar refractivity (Wildman–Crippen MR) is 103 cm³/mol. The molecule has 2 atom stereocenters. The first-order valence-electron chi connectivity index (χ1n) is 9.69. The molecule has 0 N–H and O–H groups in total. The van der Waals surface area contributed by atoms with Gasteiger partial charge < -0.3 is 4.90 Å². The Morgan fingerprint density at radius 1 is 1.26 bits per heavy atom. The molecule has 1 fully saturated rings. The standard InChI is InChI=1S/C20H21F4N5O2/c1-3-12(2)17-11-29(18-26-8-14(21)9-27-18)19(31)28(17)10-16(30)7-15-6-13(4-5-25-15)20(22,23)24/h4-6,8-9,12,17H,3,7,10-11H2,1-2H3/t12-,17+/m0/s1. The van der Waals surface area contributed by atoms with E-state index in [9.17, 15) is 27.2 Å². The fourth-order valence-corrected chi connectivity index (χ4v) is 3.42. The van der Waals surface area contributed by atoms with E-state index in [2.05, 4.69) is 15.0 Å². The molecule has 0 unspecified atom stereocenters. The molecule has 7 nitrogen and oxygen atoms in total. The minimum absolute atomic E-state index is 0.0224. The number of halogens is 4. The van der Waals surface area contributed by atoms with Gasteiger partial charge in [0, 0.05) is 11.9 Å². The van der Waals surface area contributed by atoms with Gasteiger partial charge in [-0.05, 0) is 18.1 Å². The molecule has 0 aromatic carbocycles. The summed E-state index contributed by atoms with van der Waals surface area (Å²) in [7, 11) is 0. The van der Waals surface area contributed by atoms with Crippen molar-refractivity contribution in [2.45, 2.75) is 38.9 Å². The van der Waals surface area contributed by atoms with Crippen LogP contribution >= 0.6 is 0 Å². The Labute approximate surface area is 176 Å². The van der Waals surface area contributed by atoms with Gasteiger partial charge in [0.25, 0.3) is 0 Å². The number of pyridine rings is 1. The quantitative estimate of drug-likeness (QED) is 0.617. The average molecular weight is 439 g/mol. The predicted octanol–water partition coefficient (Wildman–Crippen LogP) is 3.50. The number of amides is 2. The lowest BCUT2D eigenvalue weighted by Crippen LogP contribution is -2.42. The Morgan fingerprint density at radius 2 is 1.94 bits per heavy atom. The van der Waals surface area contributed by atoms with E-state index in [-0.39, 0.29) is 43.1 Å². The molecular formula is C20H21F4N5O2. The average Bonchev–Trinajstić information content (AvgIpc) is 3.04. The number of urea groups is 1. The zero-order chi connectivity index (χ0) is 22.8. The molecule has 31 heavy (non-hydrogen) atoms. The third-order valence-corrected chi connectivity index (χ3v) is 5.26. The fraction of sp³-hybridized carbons (Fsp3) is 0.450. The maximum Gasteiger partial charge on any atom is 0.416 e. The Morgan fingerprint density at radius 3 is 2.55 bits per heavy atom. The minimum Gasteiger partial charge on any atom is -0.312 e. The molecule has 2 aromatic heterocycles. The highest BCUT2D eigenvalue weighted by atomic mass is 19.4. The molecule has 1 saturated heterocycles. The van der Waals surface area contributed by atoms with Gasteiger partial charge in [0.05, 0.1) is 43.5 Å². The summed E-state index contributed by atoms with van der Waals surface area (Å²) in [5, 5.41) is 0. The van der Waals surface area contributed by atoms with Crippen LogP contribution in [0.15, 0.2) is 30.7 Å². The lowest BCUT2D eigenvalue weighted by Gasteiger charge is -2.26. The van der Waals surface area contributed by atoms with Gasteiger partial charge >= 0.3 is 12.2 Å². The van der Waals surface area contributed by atoms with Gasteiger partial charge in [0.2, 0.25) is 5.95 Å². The number of rotatable bonds is 7. The van der Waals surface area contributed by atoms with Gasteiger partial charge in [-0.2, -0.15) is 13.2 Å². The molecule has 1 aliphatic heterocycles. The molecule has 2 amide bonds. The molecule has 2 aromatic rings. The fourth-order valence-electron chi connectivity index (χ4n) is 3.42. The van der Waals surface area contributed by atoms with Crippen LogP contribution in [0.3, 0.4) is 0 Å². The molecule has 0 aliphatic carbocycles. The second kappa shape index (κ2) is 8.94. The summed E-state index contributed by atoms with van der Waals surface area (Å²) in [6, 6.07) is 0.818. The first kappa shape index (κ1) is 22.6. The smallest absolute Gasteiger partial charge is 0.312 e. The second-order valence-corrected chi connectivity index (χ2v) is 7.42. The van der Waals surface area contributed by atoms with Crippen molar-refractivity contribution in [3.8, 4) is 0 Å². The number of Topliss-reactive ketones (excluding diaryl/α,β-unsaturated/α-hetero) is 1. The summed E-state index contributed by atoms with van der Waals surface area (Å²) >= 11 is 0. The van der Waals surface area contributed by atoms with Gasteiger partial charge in [-0.1, -0.05) is 20.3 Å². The third kappa shape index (κ3) is 5.15. The highest BCUT2D eigenvalue weighted by Crippen LogP contribution is 2.29. The van der Waals surface area contributed by atoms with E-state index in [1.54, 1.807) is 0 Å². The number of ketones is 1. The number of aromatic nitrogens is 3. The van der Waals surface area contributed by atoms with Gasteiger partial charge in [-0.25, -0.2) is 19.2 Å². The molecule has 0 saturated carbocycles. The van der Waals surface area contributed by atoms with E-state index in [1.807, 2.05) is 13.8 Å². The number of carbonyl (C=O) groups is 2. The van der Waals surface area contributed by atoms with Crippen molar-refractivity contribution in [2.24, 2.45) is 5.92 Å². The number of hydrogen-bond donors (Lipinski definition) is 0. The lowest BCUT2D eigenvalue weighted by atomic mass is 9.98. The van der Waals surface area contributed by atoms with Crippen molar-refractivity contribution in [3.05, 3.63) is 47.8 Å². The molecule has 166 valence electrons. The van der Waals surface area contributed by atoms with Crippen molar-refractivity contribution in [2.75, 3.05) is 18.0 Å². The molecular weight excluding hydrogens is 418 g/mol. The second-order valence-electron chi connectivity index (χ2n) is 7.42. The largest absolute Gasteiger partial charge is 0.416 e. The Bertz CT molecular complexity index is 951. The van der Waals surface area contributed by atoms with Crippen molar-refractivity contribution in [1.82, 2.24) is 19.9 Å². The van der Waals surface area contributed by atoms with Crippen LogP contribution in [0.25, 0.3) is 0 Å². The summed E-state index contributed by atoms with van der Waals surface area (Å²) < 4.78 is 51.8. The van der Waals surface area contributed by atoms with Crippen LogP contribution in [0.4, 0.5) is 28.3 Å². The summed E-state index contributed by atoms with van der Waals surface area (Å²) in [5.41, 5.74) is -0.912. The molecule has 3 rings (SSSR count). The summed E-state index contributed by atoms with van der Waals surface area (Å²) in [6.45, 7) is 3.80. The van der Waals surface area contributed by atoms with Crippen LogP contribution in [0, 0.1) is 11.7 Å². The molecule has 0 spiro atoms. The Balaban J connectivity index is 1.76. The topological polar surface area (TPSA) is 79.3 Å². The minimum atomic E-state index is -4.54. The number of alkyl halides is 3. The van der Waals surface area contributed by atoms with E-state index in [0.717, 1.165) is 37.1 Å². The summed E-state index contributed by atoms with van der Waals surface area (Å²) in [4.78, 5) is 39.7. The van der Waals surface area contributed by atoms with Crippen molar-refractivity contribution in [3.63, 3.8) is 0 Å². The first-order chi connectivity index (χ1) is 14.6. The molecule has 1 aliphatic rings. The molecule has 11 heteroatoms. The molecule has 0 radical (unpaired) electrons. The van der Waals surface area contributed by atoms with Crippen molar-refractivity contribution in [1.29, 1.82) is 0 Å². The highest BCUT2D eigenvalue weighted by Gasteiger charge is 2.42. The monoisotopic (exact) mass is 439 g/mol. The van der Waals surface area contributed by atoms with E-state index in [1.165, 1.54) is 9.80 Å². The maximum atomic E-state index is 13.1. The summed E-state index contributed by atoms with van der Waals surface area (Å²) in [6.07, 6.45) is -1.25. The van der Waals surface area contributed by atoms with E-state index >= 15 is 0 Å². The maximum absolute atomic E-state index is 13.1. The van der Waals surface area contributed by atoms with Gasteiger partial charge in [-0.15, -0.1) is 0 Å². The van der Waals surface area contributed by atoms with E-state index < -0.39 is 29.4 Å². The lowest BCUT2D eigenvalue weighted by molar-refractivity contribution is -0.137. The third-order valence-electron chi connectivity index (χ3n) is 5.26. The first-order valence-corrected chi connectivity index (χ1v) is 9.69. The van der Waals surface area contributed by atoms with Gasteiger partial charge in [-0.3, -0.25) is 14.7 Å². The van der Waals surface area contributed by atoms with E-state index in [4.69, 9.17) is 0 Å². The number of hydrogen-bond acceptors (Lipinski definition) is 5. The summed E-state index contributed by atoms with van der Waals surface area (Å²) in [5.74, 6) is -1.03. The SMILES string of the molecule is CC[C@H](C)[C@H]1CN(c2ncc(F)cn2)C(=O)N1CC(=O)Cc1cc(C(F)(F)F)ccn1. The molecule has 0 bridgehead atoms. The zero-order valence-electron chi connectivity index (χ0n) is 16.9. The van der Waals surface area contributed by atoms with Crippen LogP contribution < -0.4 is 4.90 Å². The number of nitrogens with zero attached hydrogens (tertiary/aromatic N) is 5.